The van der Waals surface area contributed by atoms with Gasteiger partial charge in [0, 0.05) is 18.7 Å². The summed E-state index contributed by atoms with van der Waals surface area (Å²) in [5, 5.41) is 10.9. The lowest BCUT2D eigenvalue weighted by Gasteiger charge is -2.16. The molecule has 1 fully saturated rings. The molecule has 1 atom stereocenters. The molecule has 1 saturated heterocycles. The molecule has 142 valence electrons. The van der Waals surface area contributed by atoms with E-state index in [0.717, 1.165) is 11.3 Å². The average Bonchev–Trinajstić information content (AvgIpc) is 3.27. The fourth-order valence-electron chi connectivity index (χ4n) is 2.56. The normalized spacial score (nSPS) is 16.4. The van der Waals surface area contributed by atoms with Gasteiger partial charge >= 0.3 is 5.97 Å². The number of nitrogens with one attached hydrogen (secondary N) is 1. The molecule has 2 amide bonds. The van der Waals surface area contributed by atoms with Crippen LogP contribution in [0, 0.1) is 12.8 Å². The Morgan fingerprint density at radius 1 is 1.33 bits per heavy atom. The Morgan fingerprint density at radius 3 is 2.78 bits per heavy atom. The monoisotopic (exact) mass is 406 g/mol. The Hall–Kier alpha value is -2.46. The van der Waals surface area contributed by atoms with E-state index in [-0.39, 0.29) is 30.0 Å². The Balaban J connectivity index is 1.57. The minimum absolute atomic E-state index is 0.0782. The van der Waals surface area contributed by atoms with E-state index < -0.39 is 5.92 Å². The number of esters is 1. The second kappa shape index (κ2) is 8.49. The molecule has 0 unspecified atom stereocenters. The standard InChI is InChI=1S/C17H18N4O4S2/c1-10-3-5-12(6-4-10)21-8-11(7-13(21)22)15(24)18-16-19-20-17(27-16)26-9-14(23)25-2/h3-6,11H,7-9H2,1-2H3,(H,18,19,24)/t11-/m1/s1. The van der Waals surface area contributed by atoms with E-state index in [1.54, 1.807) is 4.90 Å². The topological polar surface area (TPSA) is 101 Å². The fraction of sp³-hybridized carbons (Fsp3) is 0.353. The van der Waals surface area contributed by atoms with Crippen molar-refractivity contribution in [3.05, 3.63) is 29.8 Å². The molecule has 0 aliphatic carbocycles. The van der Waals surface area contributed by atoms with Gasteiger partial charge in [0.2, 0.25) is 16.9 Å². The van der Waals surface area contributed by atoms with Crippen LogP contribution in [-0.2, 0) is 19.1 Å². The van der Waals surface area contributed by atoms with Crippen molar-refractivity contribution in [2.75, 3.05) is 29.6 Å². The van der Waals surface area contributed by atoms with Crippen molar-refractivity contribution in [1.29, 1.82) is 0 Å². The first-order valence-electron chi connectivity index (χ1n) is 8.17. The van der Waals surface area contributed by atoms with Gasteiger partial charge in [-0.1, -0.05) is 40.8 Å². The Morgan fingerprint density at radius 2 is 2.07 bits per heavy atom. The number of amides is 2. The van der Waals surface area contributed by atoms with Crippen molar-refractivity contribution in [1.82, 2.24) is 10.2 Å². The summed E-state index contributed by atoms with van der Waals surface area (Å²) >= 11 is 2.36. The van der Waals surface area contributed by atoms with Gasteiger partial charge in [-0.25, -0.2) is 0 Å². The lowest BCUT2D eigenvalue weighted by Crippen LogP contribution is -2.28. The highest BCUT2D eigenvalue weighted by molar-refractivity contribution is 8.01. The number of hydrogen-bond acceptors (Lipinski definition) is 8. The van der Waals surface area contributed by atoms with Gasteiger partial charge in [-0.15, -0.1) is 10.2 Å². The number of hydrogen-bond donors (Lipinski definition) is 1. The molecule has 0 saturated carbocycles. The first kappa shape index (κ1) is 19.3. The predicted octanol–water partition coefficient (Wildman–Crippen LogP) is 2.10. The molecule has 0 spiro atoms. The van der Waals surface area contributed by atoms with Gasteiger partial charge in [-0.05, 0) is 19.1 Å². The molecule has 10 heteroatoms. The molecule has 0 bridgehead atoms. The SMILES string of the molecule is COC(=O)CSc1nnc(NC(=O)[C@@H]2CC(=O)N(c3ccc(C)cc3)C2)s1. The summed E-state index contributed by atoms with van der Waals surface area (Å²) in [5.74, 6) is -1.03. The number of aryl methyl sites for hydroxylation is 1. The summed E-state index contributed by atoms with van der Waals surface area (Å²) < 4.78 is 5.12. The lowest BCUT2D eigenvalue weighted by atomic mass is 10.1. The van der Waals surface area contributed by atoms with Gasteiger partial charge < -0.3 is 15.0 Å². The van der Waals surface area contributed by atoms with E-state index in [2.05, 4.69) is 20.3 Å². The largest absolute Gasteiger partial charge is 0.468 e. The van der Waals surface area contributed by atoms with Gasteiger partial charge in [0.15, 0.2) is 4.34 Å². The van der Waals surface area contributed by atoms with Gasteiger partial charge in [-0.2, -0.15) is 0 Å². The highest BCUT2D eigenvalue weighted by Gasteiger charge is 2.35. The summed E-state index contributed by atoms with van der Waals surface area (Å²) in [6.45, 7) is 2.31. The van der Waals surface area contributed by atoms with Gasteiger partial charge in [0.1, 0.15) is 0 Å². The smallest absolute Gasteiger partial charge is 0.316 e. The van der Waals surface area contributed by atoms with E-state index in [0.29, 0.717) is 16.0 Å². The van der Waals surface area contributed by atoms with Gasteiger partial charge in [0.05, 0.1) is 18.8 Å². The van der Waals surface area contributed by atoms with Crippen LogP contribution in [0.4, 0.5) is 10.8 Å². The molecule has 0 radical (unpaired) electrons. The van der Waals surface area contributed by atoms with E-state index in [1.165, 1.54) is 30.2 Å². The summed E-state index contributed by atoms with van der Waals surface area (Å²) in [4.78, 5) is 37.5. The Labute approximate surface area is 164 Å². The van der Waals surface area contributed by atoms with Crippen molar-refractivity contribution in [3.63, 3.8) is 0 Å². The lowest BCUT2D eigenvalue weighted by molar-refractivity contribution is -0.137. The molecular weight excluding hydrogens is 388 g/mol. The second-order valence-corrected chi connectivity index (χ2v) is 8.17. The number of carbonyl (C=O) groups excluding carboxylic acids is 3. The summed E-state index contributed by atoms with van der Waals surface area (Å²) in [6, 6.07) is 7.63. The zero-order chi connectivity index (χ0) is 19.4. The maximum Gasteiger partial charge on any atom is 0.316 e. The van der Waals surface area contributed by atoms with Crippen molar-refractivity contribution in [2.24, 2.45) is 5.92 Å². The highest BCUT2D eigenvalue weighted by Crippen LogP contribution is 2.28. The predicted molar refractivity (Wildman–Crippen MR) is 103 cm³/mol. The molecule has 1 N–H and O–H groups in total. The maximum atomic E-state index is 12.5. The first-order valence-corrected chi connectivity index (χ1v) is 9.97. The quantitative estimate of drug-likeness (QED) is 0.445. The second-order valence-electron chi connectivity index (χ2n) is 5.97. The average molecular weight is 406 g/mol. The van der Waals surface area contributed by atoms with E-state index in [9.17, 15) is 14.4 Å². The number of aromatic nitrogens is 2. The van der Waals surface area contributed by atoms with Crippen LogP contribution in [0.15, 0.2) is 28.6 Å². The first-order chi connectivity index (χ1) is 13.0. The Bertz CT molecular complexity index is 853. The van der Waals surface area contributed by atoms with Crippen molar-refractivity contribution in [2.45, 2.75) is 17.7 Å². The minimum atomic E-state index is -0.450. The summed E-state index contributed by atoms with van der Waals surface area (Å²) in [6.07, 6.45) is 0.155. The van der Waals surface area contributed by atoms with Crippen LogP contribution in [0.5, 0.6) is 0 Å². The third-order valence-electron chi connectivity index (χ3n) is 4.02. The maximum absolute atomic E-state index is 12.5. The number of anilines is 2. The number of carbonyl (C=O) groups is 3. The third-order valence-corrected chi connectivity index (χ3v) is 5.96. The number of benzene rings is 1. The molecule has 27 heavy (non-hydrogen) atoms. The van der Waals surface area contributed by atoms with Crippen molar-refractivity contribution in [3.8, 4) is 0 Å². The Kier molecular flexibility index (Phi) is 6.07. The van der Waals surface area contributed by atoms with Crippen LogP contribution in [0.25, 0.3) is 0 Å². The van der Waals surface area contributed by atoms with Gasteiger partial charge in [0.25, 0.3) is 0 Å². The zero-order valence-corrected chi connectivity index (χ0v) is 16.4. The molecule has 8 nitrogen and oxygen atoms in total. The number of nitrogens with zero attached hydrogens (tertiary/aromatic N) is 3. The van der Waals surface area contributed by atoms with Crippen LogP contribution < -0.4 is 10.2 Å². The van der Waals surface area contributed by atoms with E-state index >= 15 is 0 Å². The fourth-order valence-corrected chi connectivity index (χ4v) is 4.15. The van der Waals surface area contributed by atoms with Crippen LogP contribution in [0.3, 0.4) is 0 Å². The van der Waals surface area contributed by atoms with Crippen molar-refractivity contribution < 1.29 is 19.1 Å². The van der Waals surface area contributed by atoms with Crippen LogP contribution in [0.1, 0.15) is 12.0 Å². The van der Waals surface area contributed by atoms with Crippen LogP contribution >= 0.6 is 23.1 Å². The molecule has 1 aliphatic heterocycles. The summed E-state index contributed by atoms with van der Waals surface area (Å²) in [5.41, 5.74) is 1.90. The number of ether oxygens (including phenoxy) is 1. The van der Waals surface area contributed by atoms with Gasteiger partial charge in [-0.3, -0.25) is 14.4 Å². The summed E-state index contributed by atoms with van der Waals surface area (Å²) in [7, 11) is 1.32. The molecule has 3 rings (SSSR count). The third kappa shape index (κ3) is 4.83. The van der Waals surface area contributed by atoms with Crippen LogP contribution in [-0.4, -0.2) is 47.4 Å². The van der Waals surface area contributed by atoms with Crippen molar-refractivity contribution >= 4 is 51.7 Å². The number of thioether (sulfide) groups is 1. The molecule has 1 aromatic heterocycles. The number of rotatable bonds is 6. The molecule has 2 heterocycles. The minimum Gasteiger partial charge on any atom is -0.468 e. The molecule has 1 aliphatic rings. The molecule has 1 aromatic carbocycles. The zero-order valence-electron chi connectivity index (χ0n) is 14.8. The highest BCUT2D eigenvalue weighted by atomic mass is 32.2. The van der Waals surface area contributed by atoms with E-state index in [1.807, 2.05) is 31.2 Å². The number of methoxy groups -OCH3 is 1. The molecular formula is C17H18N4O4S2. The van der Waals surface area contributed by atoms with Crippen LogP contribution in [0.2, 0.25) is 0 Å². The van der Waals surface area contributed by atoms with E-state index in [4.69, 9.17) is 0 Å². The molecule has 2 aromatic rings.